The van der Waals surface area contributed by atoms with Gasteiger partial charge in [-0.15, -0.1) is 0 Å². The molecule has 148 valence electrons. The number of para-hydroxylation sites is 1. The number of pyridine rings is 1. The molecule has 1 aliphatic heterocycles. The van der Waals surface area contributed by atoms with Gasteiger partial charge in [0, 0.05) is 18.7 Å². The van der Waals surface area contributed by atoms with Crippen molar-refractivity contribution < 1.29 is 13.9 Å². The first kappa shape index (κ1) is 19.1. The Hall–Kier alpha value is -3.21. The molecule has 1 aromatic heterocycles. The Balaban J connectivity index is 1.44. The van der Waals surface area contributed by atoms with Gasteiger partial charge in [0.1, 0.15) is 11.6 Å². The number of amides is 1. The summed E-state index contributed by atoms with van der Waals surface area (Å²) >= 11 is 0. The molecule has 0 unspecified atom stereocenters. The van der Waals surface area contributed by atoms with E-state index in [0.717, 1.165) is 29.8 Å². The predicted octanol–water partition coefficient (Wildman–Crippen LogP) is 4.55. The molecule has 1 amide bonds. The van der Waals surface area contributed by atoms with Gasteiger partial charge in [0.25, 0.3) is 5.91 Å². The van der Waals surface area contributed by atoms with Crippen LogP contribution in [0.5, 0.6) is 5.75 Å². The number of hydrogen-bond donors (Lipinski definition) is 0. The quantitative estimate of drug-likeness (QED) is 0.620. The first-order valence-corrected chi connectivity index (χ1v) is 9.86. The minimum absolute atomic E-state index is 0.0236. The molecule has 0 aliphatic carbocycles. The molecule has 2 heterocycles. The summed E-state index contributed by atoms with van der Waals surface area (Å²) in [5.74, 6) is 0.423. The molecular weight excluding hydrogens is 367 g/mol. The lowest BCUT2D eigenvalue weighted by atomic mass is 10.1. The lowest BCUT2D eigenvalue weighted by molar-refractivity contribution is -0.134. The highest BCUT2D eigenvalue weighted by Gasteiger charge is 2.31. The molecule has 0 N–H and O–H groups in total. The van der Waals surface area contributed by atoms with Gasteiger partial charge < -0.3 is 9.64 Å². The van der Waals surface area contributed by atoms with Gasteiger partial charge in [0.15, 0.2) is 6.61 Å². The van der Waals surface area contributed by atoms with E-state index in [4.69, 9.17) is 9.72 Å². The van der Waals surface area contributed by atoms with Gasteiger partial charge in [-0.2, -0.15) is 0 Å². The van der Waals surface area contributed by atoms with E-state index < -0.39 is 0 Å². The SMILES string of the molecule is O=C(COc1ccccc1)N1CCC[C@@H]1c1cccc(Cc2ccc(F)cc2)n1. The second-order valence-corrected chi connectivity index (χ2v) is 7.20. The summed E-state index contributed by atoms with van der Waals surface area (Å²) in [5, 5.41) is 0. The van der Waals surface area contributed by atoms with E-state index in [-0.39, 0.29) is 24.4 Å². The molecule has 0 saturated carbocycles. The number of halogens is 1. The van der Waals surface area contributed by atoms with E-state index in [2.05, 4.69) is 0 Å². The van der Waals surface area contributed by atoms with Crippen molar-refractivity contribution in [1.82, 2.24) is 9.88 Å². The highest BCUT2D eigenvalue weighted by molar-refractivity contribution is 5.78. The first-order chi connectivity index (χ1) is 14.2. The standard InChI is InChI=1S/C24H23FN2O2/c25-19-13-11-18(12-14-19)16-20-6-4-9-22(26-20)23-10-5-15-27(23)24(28)17-29-21-7-2-1-3-8-21/h1-4,6-9,11-14,23H,5,10,15-17H2/t23-/m1/s1. The lowest BCUT2D eigenvalue weighted by Gasteiger charge is -2.24. The van der Waals surface area contributed by atoms with Gasteiger partial charge in [0.2, 0.25) is 0 Å². The van der Waals surface area contributed by atoms with Crippen LogP contribution in [0.15, 0.2) is 72.8 Å². The molecule has 5 heteroatoms. The Morgan fingerprint density at radius 2 is 1.83 bits per heavy atom. The number of benzene rings is 2. The maximum atomic E-state index is 13.1. The topological polar surface area (TPSA) is 42.4 Å². The Morgan fingerprint density at radius 3 is 2.62 bits per heavy atom. The number of hydrogen-bond acceptors (Lipinski definition) is 3. The van der Waals surface area contributed by atoms with Crippen molar-refractivity contribution in [3.8, 4) is 5.75 Å². The van der Waals surface area contributed by atoms with E-state index in [1.807, 2.05) is 53.4 Å². The average molecular weight is 390 g/mol. The number of rotatable bonds is 6. The third kappa shape index (κ3) is 4.80. The molecule has 1 atom stereocenters. The van der Waals surface area contributed by atoms with Gasteiger partial charge in [-0.25, -0.2) is 4.39 Å². The van der Waals surface area contributed by atoms with Crippen LogP contribution in [0.3, 0.4) is 0 Å². The Morgan fingerprint density at radius 1 is 1.03 bits per heavy atom. The van der Waals surface area contributed by atoms with Gasteiger partial charge in [-0.1, -0.05) is 36.4 Å². The van der Waals surface area contributed by atoms with Gasteiger partial charge in [-0.05, 0) is 54.8 Å². The predicted molar refractivity (Wildman–Crippen MR) is 109 cm³/mol. The van der Waals surface area contributed by atoms with Crippen molar-refractivity contribution in [3.05, 3.63) is 95.6 Å². The van der Waals surface area contributed by atoms with Crippen molar-refractivity contribution in [3.63, 3.8) is 0 Å². The fraction of sp³-hybridized carbons (Fsp3) is 0.250. The molecule has 1 saturated heterocycles. The summed E-state index contributed by atoms with van der Waals surface area (Å²) < 4.78 is 18.8. The second-order valence-electron chi connectivity index (χ2n) is 7.20. The van der Waals surface area contributed by atoms with Gasteiger partial charge in [-0.3, -0.25) is 9.78 Å². The van der Waals surface area contributed by atoms with E-state index in [1.54, 1.807) is 12.1 Å². The van der Waals surface area contributed by atoms with Crippen LogP contribution >= 0.6 is 0 Å². The Labute approximate surface area is 170 Å². The van der Waals surface area contributed by atoms with E-state index in [0.29, 0.717) is 18.7 Å². The first-order valence-electron chi connectivity index (χ1n) is 9.86. The maximum absolute atomic E-state index is 13.1. The van der Waals surface area contributed by atoms with Crippen LogP contribution in [-0.2, 0) is 11.2 Å². The van der Waals surface area contributed by atoms with Crippen molar-refractivity contribution in [1.29, 1.82) is 0 Å². The van der Waals surface area contributed by atoms with Crippen LogP contribution in [0.25, 0.3) is 0 Å². The molecule has 0 spiro atoms. The van der Waals surface area contributed by atoms with Crippen molar-refractivity contribution >= 4 is 5.91 Å². The molecule has 0 radical (unpaired) electrons. The fourth-order valence-electron chi connectivity index (χ4n) is 3.71. The zero-order valence-corrected chi connectivity index (χ0v) is 16.1. The summed E-state index contributed by atoms with van der Waals surface area (Å²) in [7, 11) is 0. The summed E-state index contributed by atoms with van der Waals surface area (Å²) in [5.41, 5.74) is 2.82. The van der Waals surface area contributed by atoms with Crippen LogP contribution < -0.4 is 4.74 Å². The minimum Gasteiger partial charge on any atom is -0.484 e. The Bertz CT molecular complexity index is 960. The number of carbonyl (C=O) groups is 1. The molecule has 4 rings (SSSR count). The monoisotopic (exact) mass is 390 g/mol. The molecule has 1 aliphatic rings. The zero-order valence-electron chi connectivity index (χ0n) is 16.1. The molecule has 1 fully saturated rings. The number of likely N-dealkylation sites (tertiary alicyclic amines) is 1. The maximum Gasteiger partial charge on any atom is 0.261 e. The normalized spacial score (nSPS) is 16.0. The average Bonchev–Trinajstić information content (AvgIpc) is 3.25. The number of nitrogens with zero attached hydrogens (tertiary/aromatic N) is 2. The van der Waals surface area contributed by atoms with Crippen LogP contribution in [-0.4, -0.2) is 28.9 Å². The lowest BCUT2D eigenvalue weighted by Crippen LogP contribution is -2.34. The van der Waals surface area contributed by atoms with E-state index in [1.165, 1.54) is 12.1 Å². The third-order valence-corrected chi connectivity index (χ3v) is 5.15. The fourth-order valence-corrected chi connectivity index (χ4v) is 3.71. The van der Waals surface area contributed by atoms with Crippen LogP contribution in [0.4, 0.5) is 4.39 Å². The summed E-state index contributed by atoms with van der Waals surface area (Å²) in [6.07, 6.45) is 2.47. The van der Waals surface area contributed by atoms with Crippen molar-refractivity contribution in [2.75, 3.05) is 13.2 Å². The van der Waals surface area contributed by atoms with E-state index in [9.17, 15) is 9.18 Å². The van der Waals surface area contributed by atoms with Crippen molar-refractivity contribution in [2.45, 2.75) is 25.3 Å². The van der Waals surface area contributed by atoms with Crippen LogP contribution in [0, 0.1) is 5.82 Å². The van der Waals surface area contributed by atoms with Crippen LogP contribution in [0.2, 0.25) is 0 Å². The summed E-state index contributed by atoms with van der Waals surface area (Å²) in [4.78, 5) is 19.4. The molecule has 0 bridgehead atoms. The van der Waals surface area contributed by atoms with Crippen LogP contribution in [0.1, 0.15) is 35.8 Å². The molecule has 29 heavy (non-hydrogen) atoms. The molecule has 4 nitrogen and oxygen atoms in total. The second kappa shape index (κ2) is 8.86. The van der Waals surface area contributed by atoms with Gasteiger partial charge in [0.05, 0.1) is 11.7 Å². The number of carbonyl (C=O) groups excluding carboxylic acids is 1. The summed E-state index contributed by atoms with van der Waals surface area (Å²) in [6.45, 7) is 0.737. The number of ether oxygens (including phenoxy) is 1. The summed E-state index contributed by atoms with van der Waals surface area (Å²) in [6, 6.07) is 21.7. The Kier molecular flexibility index (Phi) is 5.84. The molecular formula is C24H23FN2O2. The van der Waals surface area contributed by atoms with Gasteiger partial charge >= 0.3 is 0 Å². The van der Waals surface area contributed by atoms with E-state index >= 15 is 0 Å². The molecule has 2 aromatic carbocycles. The number of aromatic nitrogens is 1. The highest BCUT2D eigenvalue weighted by atomic mass is 19.1. The third-order valence-electron chi connectivity index (χ3n) is 5.15. The molecule has 3 aromatic rings. The van der Waals surface area contributed by atoms with Crippen molar-refractivity contribution in [2.24, 2.45) is 0 Å². The highest BCUT2D eigenvalue weighted by Crippen LogP contribution is 2.31. The minimum atomic E-state index is -0.242. The zero-order chi connectivity index (χ0) is 20.1. The largest absolute Gasteiger partial charge is 0.484 e. The smallest absolute Gasteiger partial charge is 0.261 e.